The van der Waals surface area contributed by atoms with Crippen LogP contribution in [0.4, 0.5) is 0 Å². The molecule has 4 aliphatic rings. The first kappa shape index (κ1) is 13.9. The number of nitrogens with one attached hydrogen (secondary N) is 1. The minimum atomic E-state index is 0.599. The predicted molar refractivity (Wildman–Crippen MR) is 91.2 cm³/mol. The van der Waals surface area contributed by atoms with Crippen molar-refractivity contribution in [1.29, 1.82) is 0 Å². The molecule has 4 rings (SSSR count). The van der Waals surface area contributed by atoms with E-state index in [1.165, 1.54) is 45.2 Å². The van der Waals surface area contributed by atoms with Gasteiger partial charge in [0.15, 0.2) is 0 Å². The number of nitrogens with zero attached hydrogens (tertiary/aromatic N) is 1. The lowest BCUT2D eigenvalue weighted by Gasteiger charge is -2.36. The van der Waals surface area contributed by atoms with Gasteiger partial charge < -0.3 is 5.32 Å². The summed E-state index contributed by atoms with van der Waals surface area (Å²) in [6.07, 6.45) is 15.9. The highest BCUT2D eigenvalue weighted by Gasteiger charge is 2.31. The molecule has 0 saturated carbocycles. The lowest BCUT2D eigenvalue weighted by Crippen LogP contribution is -2.49. The van der Waals surface area contributed by atoms with Crippen molar-refractivity contribution in [3.05, 3.63) is 45.3 Å². The zero-order valence-corrected chi connectivity index (χ0v) is 13.4. The molecule has 1 fully saturated rings. The van der Waals surface area contributed by atoms with Crippen molar-refractivity contribution in [3.8, 4) is 0 Å². The van der Waals surface area contributed by atoms with Gasteiger partial charge in [0.1, 0.15) is 0 Å². The summed E-state index contributed by atoms with van der Waals surface area (Å²) in [6.45, 7) is 4.65. The monoisotopic (exact) mass is 300 g/mol. The molecule has 1 N–H and O–H groups in total. The number of piperazine rings is 1. The summed E-state index contributed by atoms with van der Waals surface area (Å²) >= 11 is 2.07. The molecule has 1 atom stereocenters. The van der Waals surface area contributed by atoms with Crippen LogP contribution >= 0.6 is 11.8 Å². The Morgan fingerprint density at radius 1 is 1.10 bits per heavy atom. The molecule has 2 heterocycles. The van der Waals surface area contributed by atoms with Crippen LogP contribution in [0.1, 0.15) is 32.1 Å². The van der Waals surface area contributed by atoms with Crippen LogP contribution in [0.2, 0.25) is 0 Å². The van der Waals surface area contributed by atoms with Crippen molar-refractivity contribution in [3.63, 3.8) is 0 Å². The number of allylic oxidation sites excluding steroid dienone is 5. The Labute approximate surface area is 132 Å². The molecule has 0 spiro atoms. The van der Waals surface area contributed by atoms with Gasteiger partial charge in [-0.15, -0.1) is 0 Å². The second-order valence-corrected chi connectivity index (χ2v) is 7.44. The van der Waals surface area contributed by atoms with Crippen LogP contribution in [0.15, 0.2) is 45.3 Å². The van der Waals surface area contributed by atoms with Gasteiger partial charge in [0.25, 0.3) is 0 Å². The molecule has 0 radical (unpaired) electrons. The van der Waals surface area contributed by atoms with E-state index in [2.05, 4.69) is 46.3 Å². The summed E-state index contributed by atoms with van der Waals surface area (Å²) < 4.78 is 0. The van der Waals surface area contributed by atoms with Crippen LogP contribution < -0.4 is 5.32 Å². The van der Waals surface area contributed by atoms with E-state index in [0.29, 0.717) is 6.04 Å². The molecular formula is C18H24N2S. The predicted octanol–water partition coefficient (Wildman–Crippen LogP) is 3.61. The van der Waals surface area contributed by atoms with Gasteiger partial charge in [-0.3, -0.25) is 4.90 Å². The highest BCUT2D eigenvalue weighted by Crippen LogP contribution is 2.46. The summed E-state index contributed by atoms with van der Waals surface area (Å²) in [4.78, 5) is 5.90. The molecule has 21 heavy (non-hydrogen) atoms. The first-order valence-corrected chi connectivity index (χ1v) is 9.15. The van der Waals surface area contributed by atoms with Crippen molar-refractivity contribution in [2.45, 2.75) is 38.1 Å². The maximum atomic E-state index is 3.49. The van der Waals surface area contributed by atoms with Gasteiger partial charge in [-0.05, 0) is 48.2 Å². The third-order valence-electron chi connectivity index (χ3n) is 4.96. The van der Waals surface area contributed by atoms with E-state index < -0.39 is 0 Å². The van der Waals surface area contributed by atoms with Crippen molar-refractivity contribution in [2.75, 3.05) is 26.2 Å². The number of fused-ring (bicyclic) bond motifs is 1. The van der Waals surface area contributed by atoms with E-state index >= 15 is 0 Å². The minimum absolute atomic E-state index is 0.599. The lowest BCUT2D eigenvalue weighted by atomic mass is 9.91. The molecule has 112 valence electrons. The number of hydrogen-bond donors (Lipinski definition) is 1. The number of rotatable bonds is 1. The molecule has 2 aliphatic heterocycles. The first-order chi connectivity index (χ1) is 10.4. The topological polar surface area (TPSA) is 15.3 Å². The molecule has 0 aromatic carbocycles. The molecule has 0 amide bonds. The molecule has 3 heteroatoms. The Morgan fingerprint density at radius 3 is 2.86 bits per heavy atom. The van der Waals surface area contributed by atoms with E-state index in [4.69, 9.17) is 0 Å². The molecule has 1 saturated heterocycles. The van der Waals surface area contributed by atoms with Crippen LogP contribution in [-0.4, -0.2) is 37.1 Å². The second kappa shape index (κ2) is 6.15. The van der Waals surface area contributed by atoms with Gasteiger partial charge in [-0.2, -0.15) is 0 Å². The average molecular weight is 300 g/mol. The fourth-order valence-corrected chi connectivity index (χ4v) is 5.14. The maximum Gasteiger partial charge on any atom is 0.0397 e. The van der Waals surface area contributed by atoms with E-state index in [9.17, 15) is 0 Å². The first-order valence-electron chi connectivity index (χ1n) is 8.33. The Balaban J connectivity index is 1.70. The van der Waals surface area contributed by atoms with E-state index in [0.717, 1.165) is 13.1 Å². The van der Waals surface area contributed by atoms with Crippen LogP contribution in [0, 0.1) is 0 Å². The molecule has 0 aromatic heterocycles. The molecule has 0 bridgehead atoms. The van der Waals surface area contributed by atoms with Gasteiger partial charge in [0, 0.05) is 37.1 Å². The van der Waals surface area contributed by atoms with Gasteiger partial charge in [-0.1, -0.05) is 36.1 Å². The Bertz CT molecular complexity index is 535. The number of hydrogen-bond acceptors (Lipinski definition) is 3. The third kappa shape index (κ3) is 2.79. The standard InChI is InChI=1S/C18H24N2S/c1-3-7-17-14(5-1)13-16(20-11-9-19-10-12-20)15-6-2-4-8-18(15)21-17/h2,5-7,16,19H,1,3-4,8-13H2. The Morgan fingerprint density at radius 2 is 1.95 bits per heavy atom. The van der Waals surface area contributed by atoms with Gasteiger partial charge in [0.2, 0.25) is 0 Å². The lowest BCUT2D eigenvalue weighted by molar-refractivity contribution is 0.195. The van der Waals surface area contributed by atoms with Crippen molar-refractivity contribution >= 4 is 11.8 Å². The van der Waals surface area contributed by atoms with Gasteiger partial charge in [-0.25, -0.2) is 0 Å². The normalized spacial score (nSPS) is 30.2. The van der Waals surface area contributed by atoms with Crippen LogP contribution in [0.3, 0.4) is 0 Å². The van der Waals surface area contributed by atoms with Crippen molar-refractivity contribution in [1.82, 2.24) is 10.2 Å². The van der Waals surface area contributed by atoms with E-state index in [1.54, 1.807) is 21.0 Å². The third-order valence-corrected chi connectivity index (χ3v) is 6.29. The second-order valence-electron chi connectivity index (χ2n) is 6.30. The van der Waals surface area contributed by atoms with Crippen LogP contribution in [-0.2, 0) is 0 Å². The minimum Gasteiger partial charge on any atom is -0.314 e. The molecule has 1 unspecified atom stereocenters. The summed E-state index contributed by atoms with van der Waals surface area (Å²) in [7, 11) is 0. The van der Waals surface area contributed by atoms with Gasteiger partial charge in [0.05, 0.1) is 0 Å². The highest BCUT2D eigenvalue weighted by atomic mass is 32.2. The summed E-state index contributed by atoms with van der Waals surface area (Å²) in [5.41, 5.74) is 3.22. The average Bonchev–Trinajstić information content (AvgIpc) is 2.72. The largest absolute Gasteiger partial charge is 0.314 e. The quantitative estimate of drug-likeness (QED) is 0.796. The fraction of sp³-hybridized carbons (Fsp3) is 0.556. The zero-order chi connectivity index (χ0) is 14.1. The molecule has 2 aliphatic carbocycles. The molecular weight excluding hydrogens is 276 g/mol. The smallest absolute Gasteiger partial charge is 0.0397 e. The highest BCUT2D eigenvalue weighted by molar-refractivity contribution is 8.07. The Kier molecular flexibility index (Phi) is 4.06. The van der Waals surface area contributed by atoms with Crippen molar-refractivity contribution in [2.24, 2.45) is 0 Å². The maximum absolute atomic E-state index is 3.49. The molecule has 2 nitrogen and oxygen atoms in total. The summed E-state index contributed by atoms with van der Waals surface area (Å²) in [5.74, 6) is 0. The number of thioether (sulfide) groups is 1. The summed E-state index contributed by atoms with van der Waals surface area (Å²) in [6, 6.07) is 0.599. The van der Waals surface area contributed by atoms with Gasteiger partial charge >= 0.3 is 0 Å². The van der Waals surface area contributed by atoms with E-state index in [-0.39, 0.29) is 0 Å². The molecule has 0 aromatic rings. The zero-order valence-electron chi connectivity index (χ0n) is 12.6. The summed E-state index contributed by atoms with van der Waals surface area (Å²) in [5, 5.41) is 3.49. The van der Waals surface area contributed by atoms with Crippen LogP contribution in [0.25, 0.3) is 0 Å². The Hall–Kier alpha value is -0.770. The van der Waals surface area contributed by atoms with Crippen LogP contribution in [0.5, 0.6) is 0 Å². The van der Waals surface area contributed by atoms with Crippen molar-refractivity contribution < 1.29 is 0 Å². The SMILES string of the molecule is C1=CC2=C(CC1)SC1=CCCC=C1CC2N1CCNCC1. The van der Waals surface area contributed by atoms with E-state index in [1.807, 2.05) is 0 Å². The fourth-order valence-electron chi connectivity index (χ4n) is 3.83.